The van der Waals surface area contributed by atoms with Crippen LogP contribution in [0, 0.1) is 0 Å². The van der Waals surface area contributed by atoms with Crippen LogP contribution in [-0.4, -0.2) is 33.5 Å². The molecule has 0 fully saturated rings. The normalized spacial score (nSPS) is 10.3. The molecule has 0 aliphatic rings. The van der Waals surface area contributed by atoms with Crippen molar-refractivity contribution in [3.63, 3.8) is 0 Å². The molecule has 0 radical (unpaired) electrons. The van der Waals surface area contributed by atoms with E-state index in [2.05, 4.69) is 15.3 Å². The topological polar surface area (TPSA) is 123 Å². The van der Waals surface area contributed by atoms with Crippen LogP contribution >= 0.6 is 24.8 Å². The maximum absolute atomic E-state index is 12.5. The number of pyridine rings is 1. The minimum Gasteiger partial charge on any atom is -0.351 e. The lowest BCUT2D eigenvalue weighted by Gasteiger charge is -2.14. The number of rotatable bonds is 6. The third kappa shape index (κ3) is 4.84. The Morgan fingerprint density at radius 3 is 2.54 bits per heavy atom. The summed E-state index contributed by atoms with van der Waals surface area (Å²) in [4.78, 5) is 43.7. The first-order valence-corrected chi connectivity index (χ1v) is 8.06. The fourth-order valence-corrected chi connectivity index (χ4v) is 2.48. The number of nitrogens with two attached hydrogens (primary N) is 1. The highest BCUT2D eigenvalue weighted by molar-refractivity contribution is 6.05. The highest BCUT2D eigenvalue weighted by atomic mass is 35.5. The second-order valence-electron chi connectivity index (χ2n) is 5.90. The van der Waals surface area contributed by atoms with Crippen LogP contribution in [0.5, 0.6) is 0 Å². The Morgan fingerprint density at radius 2 is 2.00 bits per heavy atom. The minimum atomic E-state index is -0.608. The third-order valence-corrected chi connectivity index (χ3v) is 3.68. The second kappa shape index (κ2) is 10.3. The van der Waals surface area contributed by atoms with Crippen molar-refractivity contribution >= 4 is 41.8 Å². The zero-order chi connectivity index (χ0) is 17.9. The Bertz CT molecular complexity index is 877. The molecule has 8 nitrogen and oxygen atoms in total. The van der Waals surface area contributed by atoms with E-state index in [1.165, 1.54) is 4.57 Å². The fraction of sp³-hybridized carbons (Fsp3) is 0.500. The van der Waals surface area contributed by atoms with Crippen molar-refractivity contribution in [3.8, 4) is 0 Å². The van der Waals surface area contributed by atoms with Gasteiger partial charge in [-0.2, -0.15) is 0 Å². The van der Waals surface area contributed by atoms with Crippen molar-refractivity contribution in [3.05, 3.63) is 38.2 Å². The number of aryl methyl sites for hydroxylation is 1. The summed E-state index contributed by atoms with van der Waals surface area (Å²) in [7, 11) is 0. The molecule has 26 heavy (non-hydrogen) atoms. The van der Waals surface area contributed by atoms with E-state index in [1.807, 2.05) is 20.8 Å². The molecule has 146 valence electrons. The first kappa shape index (κ1) is 24.1. The third-order valence-electron chi connectivity index (χ3n) is 3.68. The van der Waals surface area contributed by atoms with Gasteiger partial charge in [0.05, 0.1) is 10.9 Å². The lowest BCUT2D eigenvalue weighted by Crippen LogP contribution is -2.34. The maximum Gasteiger partial charge on any atom is 0.329 e. The number of aromatic amines is 1. The van der Waals surface area contributed by atoms with Gasteiger partial charge in [0, 0.05) is 25.3 Å². The van der Waals surface area contributed by atoms with Gasteiger partial charge in [-0.05, 0) is 18.4 Å². The van der Waals surface area contributed by atoms with Gasteiger partial charge in [-0.15, -0.1) is 24.8 Å². The summed E-state index contributed by atoms with van der Waals surface area (Å²) in [6, 6.07) is 1.61. The molecule has 1 amide bonds. The van der Waals surface area contributed by atoms with Crippen molar-refractivity contribution in [2.45, 2.75) is 39.7 Å². The summed E-state index contributed by atoms with van der Waals surface area (Å²) in [6.45, 7) is 6.79. The zero-order valence-corrected chi connectivity index (χ0v) is 16.6. The quantitative estimate of drug-likeness (QED) is 0.664. The van der Waals surface area contributed by atoms with Crippen LogP contribution in [-0.2, 0) is 6.54 Å². The summed E-state index contributed by atoms with van der Waals surface area (Å²) in [5.41, 5.74) is 5.40. The number of halogens is 2. The lowest BCUT2D eigenvalue weighted by atomic mass is 10.0. The molecule has 0 bridgehead atoms. The molecule has 0 saturated carbocycles. The number of fused-ring (bicyclic) bond motifs is 1. The van der Waals surface area contributed by atoms with Gasteiger partial charge in [0.2, 0.25) is 0 Å². The Hall–Kier alpha value is -1.90. The van der Waals surface area contributed by atoms with E-state index in [-0.39, 0.29) is 47.3 Å². The van der Waals surface area contributed by atoms with Gasteiger partial charge in [-0.25, -0.2) is 9.78 Å². The highest BCUT2D eigenvalue weighted by Gasteiger charge is 2.20. The molecule has 2 heterocycles. The van der Waals surface area contributed by atoms with Gasteiger partial charge in [-0.3, -0.25) is 19.1 Å². The van der Waals surface area contributed by atoms with Crippen molar-refractivity contribution in [2.24, 2.45) is 5.73 Å². The Kier molecular flexibility index (Phi) is 9.55. The lowest BCUT2D eigenvalue weighted by molar-refractivity contribution is 0.0956. The molecule has 2 aromatic heterocycles. The van der Waals surface area contributed by atoms with Crippen molar-refractivity contribution in [1.82, 2.24) is 19.9 Å². The van der Waals surface area contributed by atoms with E-state index in [1.54, 1.807) is 6.07 Å². The Labute approximate surface area is 163 Å². The average Bonchev–Trinajstić information content (AvgIpc) is 2.55. The van der Waals surface area contributed by atoms with Crippen LogP contribution in [0.15, 0.2) is 15.7 Å². The summed E-state index contributed by atoms with van der Waals surface area (Å²) in [5, 5.41) is 2.80. The number of H-pyrrole nitrogens is 1. The van der Waals surface area contributed by atoms with Gasteiger partial charge in [0.1, 0.15) is 0 Å². The largest absolute Gasteiger partial charge is 0.351 e. The fourth-order valence-electron chi connectivity index (χ4n) is 2.48. The number of aromatic nitrogens is 3. The predicted molar refractivity (Wildman–Crippen MR) is 107 cm³/mol. The van der Waals surface area contributed by atoms with E-state index in [0.717, 1.165) is 0 Å². The summed E-state index contributed by atoms with van der Waals surface area (Å²) in [5.74, 6) is -0.359. The molecule has 4 N–H and O–H groups in total. The minimum absolute atomic E-state index is 0. The maximum atomic E-state index is 12.5. The summed E-state index contributed by atoms with van der Waals surface area (Å²) >= 11 is 0. The van der Waals surface area contributed by atoms with Gasteiger partial charge in [0.25, 0.3) is 11.5 Å². The number of amides is 1. The van der Waals surface area contributed by atoms with Gasteiger partial charge in [0.15, 0.2) is 5.65 Å². The summed E-state index contributed by atoms with van der Waals surface area (Å²) in [6.07, 6.45) is 0.698. The molecule has 0 saturated heterocycles. The van der Waals surface area contributed by atoms with Crippen LogP contribution in [0.25, 0.3) is 11.0 Å². The molecule has 2 aromatic rings. The van der Waals surface area contributed by atoms with E-state index in [0.29, 0.717) is 31.7 Å². The number of nitrogens with zero attached hydrogens (tertiary/aromatic N) is 2. The van der Waals surface area contributed by atoms with E-state index in [9.17, 15) is 14.4 Å². The number of carbonyl (C=O) groups excluding carboxylic acids is 1. The molecule has 2 rings (SSSR count). The Morgan fingerprint density at radius 1 is 1.35 bits per heavy atom. The van der Waals surface area contributed by atoms with Crippen LogP contribution in [0.4, 0.5) is 0 Å². The second-order valence-corrected chi connectivity index (χ2v) is 5.90. The molecule has 10 heteroatoms. The van der Waals surface area contributed by atoms with E-state index < -0.39 is 17.2 Å². The summed E-state index contributed by atoms with van der Waals surface area (Å²) < 4.78 is 1.41. The molecule has 0 atom stereocenters. The van der Waals surface area contributed by atoms with Crippen LogP contribution in [0.3, 0.4) is 0 Å². The van der Waals surface area contributed by atoms with Gasteiger partial charge >= 0.3 is 5.69 Å². The average molecular weight is 406 g/mol. The monoisotopic (exact) mass is 405 g/mol. The number of carbonyl (C=O) groups is 1. The van der Waals surface area contributed by atoms with Crippen LogP contribution < -0.4 is 22.3 Å². The predicted octanol–water partition coefficient (Wildman–Crippen LogP) is 1.15. The molecule has 0 aliphatic heterocycles. The van der Waals surface area contributed by atoms with E-state index in [4.69, 9.17) is 5.73 Å². The zero-order valence-electron chi connectivity index (χ0n) is 15.0. The highest BCUT2D eigenvalue weighted by Crippen LogP contribution is 2.19. The van der Waals surface area contributed by atoms with Crippen molar-refractivity contribution < 1.29 is 4.79 Å². The smallest absolute Gasteiger partial charge is 0.329 e. The first-order valence-electron chi connectivity index (χ1n) is 8.06. The standard InChI is InChI=1S/C16H23N5O3.2ClH/c1-4-7-21-13-12(15(23)20-16(21)24)10(14(22)18-6-5-17)8-11(19-13)9(2)3;;/h8-9H,4-7,17H2,1-3H3,(H,18,22)(H,20,23,24);2*1H. The van der Waals surface area contributed by atoms with E-state index >= 15 is 0 Å². The van der Waals surface area contributed by atoms with Crippen LogP contribution in [0.2, 0.25) is 0 Å². The molecular weight excluding hydrogens is 381 g/mol. The Balaban J connectivity index is 0.00000312. The molecule has 0 aliphatic carbocycles. The van der Waals surface area contributed by atoms with Gasteiger partial charge < -0.3 is 11.1 Å². The van der Waals surface area contributed by atoms with Crippen molar-refractivity contribution in [1.29, 1.82) is 0 Å². The number of nitrogens with one attached hydrogen (secondary N) is 2. The molecule has 0 aromatic carbocycles. The van der Waals surface area contributed by atoms with Crippen molar-refractivity contribution in [2.75, 3.05) is 13.1 Å². The molecule has 0 spiro atoms. The van der Waals surface area contributed by atoms with Crippen LogP contribution in [0.1, 0.15) is 49.2 Å². The molecule has 0 unspecified atom stereocenters. The number of hydrogen-bond acceptors (Lipinski definition) is 5. The number of hydrogen-bond donors (Lipinski definition) is 3. The molecular formula is C16H25Cl2N5O3. The first-order chi connectivity index (χ1) is 11.4. The van der Waals surface area contributed by atoms with Gasteiger partial charge in [-0.1, -0.05) is 20.8 Å². The SMILES string of the molecule is CCCn1c(=O)[nH]c(=O)c2c(C(=O)NCCN)cc(C(C)C)nc21.Cl.Cl.